The van der Waals surface area contributed by atoms with Gasteiger partial charge in [-0.05, 0) is 24.3 Å². The van der Waals surface area contributed by atoms with Crippen molar-refractivity contribution >= 4 is 39.9 Å². The largest absolute Gasteiger partial charge is 0.486 e. The number of nitrogens with one attached hydrogen (secondary N) is 1. The maximum Gasteiger partial charge on any atom is 0.335 e. The molecule has 0 spiro atoms. The fourth-order valence-corrected chi connectivity index (χ4v) is 3.85. The summed E-state index contributed by atoms with van der Waals surface area (Å²) in [6, 6.07) is 9.56. The van der Waals surface area contributed by atoms with Crippen LogP contribution in [0.4, 0.5) is 5.82 Å². The summed E-state index contributed by atoms with van der Waals surface area (Å²) >= 11 is 0. The second kappa shape index (κ2) is 8.52. The first-order chi connectivity index (χ1) is 16.5. The van der Waals surface area contributed by atoms with Gasteiger partial charge in [-0.1, -0.05) is 0 Å². The van der Waals surface area contributed by atoms with Crippen molar-refractivity contribution in [2.75, 3.05) is 39.2 Å². The van der Waals surface area contributed by atoms with Crippen LogP contribution in [-0.4, -0.2) is 65.0 Å². The van der Waals surface area contributed by atoms with E-state index in [-0.39, 0.29) is 23.5 Å². The Labute approximate surface area is 193 Å². The maximum absolute atomic E-state index is 13.1. The number of nitrogens with zero attached hydrogens (tertiary/aromatic N) is 3. The Morgan fingerprint density at radius 1 is 1.12 bits per heavy atom. The van der Waals surface area contributed by atoms with Crippen LogP contribution in [0.5, 0.6) is 11.5 Å². The quantitative estimate of drug-likeness (QED) is 0.365. The number of carbonyl (C=O) groups is 2. The van der Waals surface area contributed by atoms with E-state index in [2.05, 4.69) is 5.32 Å². The van der Waals surface area contributed by atoms with Gasteiger partial charge in [-0.25, -0.2) is 14.8 Å². The van der Waals surface area contributed by atoms with Gasteiger partial charge in [0.25, 0.3) is 5.91 Å². The maximum atomic E-state index is 13.1. The second-order valence-corrected chi connectivity index (χ2v) is 7.58. The third kappa shape index (κ3) is 3.61. The minimum Gasteiger partial charge on any atom is -0.486 e. The number of fused-ring (bicyclic) bond motifs is 3. The molecule has 0 atom stereocenters. The smallest absolute Gasteiger partial charge is 0.335 e. The number of anilines is 1. The molecular weight excluding hydrogens is 442 g/mol. The number of methoxy groups -OCH3 is 1. The molecule has 0 bridgehead atoms. The molecule has 0 fully saturated rings. The number of hydrogen-bond donors (Lipinski definition) is 3. The molecule has 0 unspecified atom stereocenters. The second-order valence-electron chi connectivity index (χ2n) is 7.58. The number of ether oxygens (including phenoxy) is 3. The third-order valence-corrected chi connectivity index (χ3v) is 5.45. The molecule has 0 aliphatic carbocycles. The summed E-state index contributed by atoms with van der Waals surface area (Å²) in [4.78, 5) is 33.8. The van der Waals surface area contributed by atoms with Gasteiger partial charge in [0.1, 0.15) is 30.1 Å². The Morgan fingerprint density at radius 3 is 2.38 bits per heavy atom. The first kappa shape index (κ1) is 21.5. The highest BCUT2D eigenvalue weighted by Crippen LogP contribution is 2.36. The minimum absolute atomic E-state index is 0.122. The first-order valence-corrected chi connectivity index (χ1v) is 10.5. The van der Waals surface area contributed by atoms with Crippen LogP contribution in [0.25, 0.3) is 27.9 Å². The SMILES string of the molecule is COCCNC(=O)c1c(N)n(-c2ccc(C(=O)O)cc2)c2nc3cc4c(cc3nc12)OCCO4. The summed E-state index contributed by atoms with van der Waals surface area (Å²) in [6.45, 7) is 1.48. The van der Waals surface area contributed by atoms with Crippen molar-refractivity contribution in [3.05, 3.63) is 47.5 Å². The molecule has 11 heteroatoms. The zero-order valence-electron chi connectivity index (χ0n) is 18.2. The lowest BCUT2D eigenvalue weighted by atomic mass is 10.2. The summed E-state index contributed by atoms with van der Waals surface area (Å²) < 4.78 is 17.9. The van der Waals surface area contributed by atoms with Gasteiger partial charge in [0, 0.05) is 31.5 Å². The highest BCUT2D eigenvalue weighted by molar-refractivity contribution is 6.11. The van der Waals surface area contributed by atoms with Crippen molar-refractivity contribution in [1.82, 2.24) is 19.9 Å². The number of carbonyl (C=O) groups excluding carboxylic acids is 1. The van der Waals surface area contributed by atoms with Crippen LogP contribution in [0, 0.1) is 0 Å². The van der Waals surface area contributed by atoms with E-state index < -0.39 is 11.9 Å². The van der Waals surface area contributed by atoms with Crippen LogP contribution in [-0.2, 0) is 4.74 Å². The number of rotatable bonds is 6. The van der Waals surface area contributed by atoms with Crippen molar-refractivity contribution in [2.45, 2.75) is 0 Å². The van der Waals surface area contributed by atoms with Gasteiger partial charge in [0.05, 0.1) is 23.2 Å². The lowest BCUT2D eigenvalue weighted by Gasteiger charge is -2.18. The number of hydrogen-bond acceptors (Lipinski definition) is 8. The van der Waals surface area contributed by atoms with E-state index in [9.17, 15) is 14.7 Å². The normalized spacial score (nSPS) is 12.7. The average Bonchev–Trinajstić information content (AvgIpc) is 3.11. The predicted octanol–water partition coefficient (Wildman–Crippen LogP) is 2.00. The van der Waals surface area contributed by atoms with Gasteiger partial charge in [-0.2, -0.15) is 0 Å². The summed E-state index contributed by atoms with van der Waals surface area (Å²) in [5.41, 5.74) is 8.98. The van der Waals surface area contributed by atoms with Crippen LogP contribution in [0.1, 0.15) is 20.7 Å². The molecule has 0 saturated heterocycles. The lowest BCUT2D eigenvalue weighted by Crippen LogP contribution is -2.27. The molecule has 0 radical (unpaired) electrons. The Bertz CT molecular complexity index is 1430. The summed E-state index contributed by atoms with van der Waals surface area (Å²) in [6.07, 6.45) is 0. The predicted molar refractivity (Wildman–Crippen MR) is 123 cm³/mol. The van der Waals surface area contributed by atoms with Gasteiger partial charge in [-0.3, -0.25) is 9.36 Å². The van der Waals surface area contributed by atoms with Gasteiger partial charge in [-0.15, -0.1) is 0 Å². The highest BCUT2D eigenvalue weighted by atomic mass is 16.6. The number of nitrogens with two attached hydrogens (primary N) is 1. The molecule has 3 heterocycles. The molecule has 34 heavy (non-hydrogen) atoms. The van der Waals surface area contributed by atoms with Gasteiger partial charge >= 0.3 is 5.97 Å². The molecule has 4 aromatic rings. The van der Waals surface area contributed by atoms with Crippen LogP contribution >= 0.6 is 0 Å². The topological polar surface area (TPSA) is 151 Å². The molecule has 1 amide bonds. The van der Waals surface area contributed by atoms with Gasteiger partial charge in [0.2, 0.25) is 0 Å². The van der Waals surface area contributed by atoms with E-state index in [1.54, 1.807) is 28.8 Å². The minimum atomic E-state index is -1.05. The lowest BCUT2D eigenvalue weighted by molar-refractivity contribution is 0.0696. The fraction of sp³-hybridized carbons (Fsp3) is 0.217. The third-order valence-electron chi connectivity index (χ3n) is 5.45. The Hall–Kier alpha value is -4.38. The molecular formula is C23H21N5O6. The molecule has 4 N–H and O–H groups in total. The molecule has 1 aliphatic heterocycles. The van der Waals surface area contributed by atoms with Crippen LogP contribution in [0.15, 0.2) is 36.4 Å². The van der Waals surface area contributed by atoms with E-state index in [4.69, 9.17) is 29.9 Å². The summed E-state index contributed by atoms with van der Waals surface area (Å²) in [5.74, 6) is -0.239. The number of carboxylic acid groups (broad SMARTS) is 1. The molecule has 2 aromatic heterocycles. The van der Waals surface area contributed by atoms with E-state index in [1.807, 2.05) is 0 Å². The first-order valence-electron chi connectivity index (χ1n) is 10.5. The molecule has 174 valence electrons. The molecule has 0 saturated carbocycles. The van der Waals surface area contributed by atoms with E-state index in [0.717, 1.165) is 0 Å². The van der Waals surface area contributed by atoms with E-state index in [0.29, 0.717) is 59.2 Å². The van der Waals surface area contributed by atoms with Crippen LogP contribution in [0.2, 0.25) is 0 Å². The highest BCUT2D eigenvalue weighted by Gasteiger charge is 2.25. The van der Waals surface area contributed by atoms with Crippen molar-refractivity contribution in [3.8, 4) is 17.2 Å². The standard InChI is InChI=1S/C23H21N5O6/c1-32-7-6-25-22(29)18-19-21(28(20(18)24)13-4-2-12(3-5-13)23(30)31)27-15-11-17-16(10-14(15)26-19)33-8-9-34-17/h2-5,10-11H,6-9,24H2,1H3,(H,25,29)(H,30,31). The van der Waals surface area contributed by atoms with Crippen molar-refractivity contribution in [1.29, 1.82) is 0 Å². The molecule has 1 aliphatic rings. The molecule has 2 aromatic carbocycles. The van der Waals surface area contributed by atoms with Crippen molar-refractivity contribution in [2.24, 2.45) is 0 Å². The zero-order chi connectivity index (χ0) is 23.8. The number of amides is 1. The van der Waals surface area contributed by atoms with Gasteiger partial charge < -0.3 is 30.4 Å². The van der Waals surface area contributed by atoms with Crippen LogP contribution < -0.4 is 20.5 Å². The number of aromatic nitrogens is 3. The fourth-order valence-electron chi connectivity index (χ4n) is 3.85. The molecule has 5 rings (SSSR count). The Kier molecular flexibility index (Phi) is 5.38. The van der Waals surface area contributed by atoms with Crippen molar-refractivity contribution in [3.63, 3.8) is 0 Å². The Balaban J connectivity index is 1.73. The number of nitrogen functional groups attached to an aromatic ring is 1. The van der Waals surface area contributed by atoms with E-state index in [1.165, 1.54) is 19.2 Å². The average molecular weight is 463 g/mol. The Morgan fingerprint density at radius 2 is 1.76 bits per heavy atom. The monoisotopic (exact) mass is 463 g/mol. The zero-order valence-corrected chi connectivity index (χ0v) is 18.2. The van der Waals surface area contributed by atoms with Gasteiger partial charge in [0.15, 0.2) is 17.1 Å². The summed E-state index contributed by atoms with van der Waals surface area (Å²) in [5, 5.41) is 12.0. The number of aromatic carboxylic acids is 1. The van der Waals surface area contributed by atoms with E-state index >= 15 is 0 Å². The summed E-state index contributed by atoms with van der Waals surface area (Å²) in [7, 11) is 1.54. The van der Waals surface area contributed by atoms with Crippen LogP contribution in [0.3, 0.4) is 0 Å². The number of carboxylic acids is 1. The number of benzene rings is 2. The molecule has 11 nitrogen and oxygen atoms in total. The van der Waals surface area contributed by atoms with Crippen molar-refractivity contribution < 1.29 is 28.9 Å².